The molecule has 0 aliphatic rings. The Balaban J connectivity index is 3.03. The number of hydrogen-bond acceptors (Lipinski definition) is 3. The van der Waals surface area contributed by atoms with Crippen LogP contribution in [0.5, 0.6) is 5.75 Å². The zero-order chi connectivity index (χ0) is 13.4. The fourth-order valence-corrected chi connectivity index (χ4v) is 2.15. The van der Waals surface area contributed by atoms with Crippen LogP contribution in [0, 0.1) is 0 Å². The molecule has 0 saturated heterocycles. The third-order valence-electron chi connectivity index (χ3n) is 3.16. The van der Waals surface area contributed by atoms with E-state index in [9.17, 15) is 5.11 Å². The first-order valence-electron chi connectivity index (χ1n) is 6.76. The van der Waals surface area contributed by atoms with Gasteiger partial charge in [-0.15, -0.1) is 0 Å². The van der Waals surface area contributed by atoms with E-state index in [4.69, 9.17) is 4.74 Å². The lowest BCUT2D eigenvalue weighted by molar-refractivity contribution is 0.215. The lowest BCUT2D eigenvalue weighted by Crippen LogP contribution is -2.41. The minimum atomic E-state index is -0.240. The van der Waals surface area contributed by atoms with Crippen molar-refractivity contribution in [3.05, 3.63) is 29.8 Å². The van der Waals surface area contributed by atoms with Crippen molar-refractivity contribution in [2.24, 2.45) is 0 Å². The smallest absolute Gasteiger partial charge is 0.124 e. The van der Waals surface area contributed by atoms with Crippen molar-refractivity contribution in [1.29, 1.82) is 0 Å². The van der Waals surface area contributed by atoms with Gasteiger partial charge >= 0.3 is 0 Å². The Bertz CT molecular complexity index is 354. The molecule has 3 nitrogen and oxygen atoms in total. The van der Waals surface area contributed by atoms with Crippen molar-refractivity contribution in [1.82, 2.24) is 5.32 Å². The average molecular weight is 251 g/mol. The van der Waals surface area contributed by atoms with Gasteiger partial charge in [0.15, 0.2) is 0 Å². The Kier molecular flexibility index (Phi) is 6.16. The predicted molar refractivity (Wildman–Crippen MR) is 75.0 cm³/mol. The average Bonchev–Trinajstić information content (AvgIpc) is 2.38. The molecule has 0 aromatic heterocycles. The number of aliphatic hydroxyl groups is 1. The summed E-state index contributed by atoms with van der Waals surface area (Å²) in [5, 5.41) is 12.8. The Hall–Kier alpha value is -1.06. The summed E-state index contributed by atoms with van der Waals surface area (Å²) in [4.78, 5) is 0. The standard InChI is InChI=1S/C15H25NO2/c1-4-11-16-15(3,10-12-17)13-8-6-7-9-14(13)18-5-2/h6-9,16-17H,4-5,10-12H2,1-3H3. The van der Waals surface area contributed by atoms with E-state index in [0.717, 1.165) is 24.3 Å². The number of rotatable bonds is 8. The maximum absolute atomic E-state index is 9.30. The molecule has 1 rings (SSSR count). The predicted octanol–water partition coefficient (Wildman–Crippen LogP) is 2.68. The topological polar surface area (TPSA) is 41.5 Å². The first-order chi connectivity index (χ1) is 8.68. The number of hydrogen-bond donors (Lipinski definition) is 2. The monoisotopic (exact) mass is 251 g/mol. The van der Waals surface area contributed by atoms with Crippen LogP contribution in [0.1, 0.15) is 39.2 Å². The number of para-hydroxylation sites is 1. The van der Waals surface area contributed by atoms with Gasteiger partial charge in [0, 0.05) is 17.7 Å². The lowest BCUT2D eigenvalue weighted by Gasteiger charge is -2.32. The van der Waals surface area contributed by atoms with Crippen molar-refractivity contribution < 1.29 is 9.84 Å². The molecule has 18 heavy (non-hydrogen) atoms. The molecule has 1 aromatic rings. The van der Waals surface area contributed by atoms with E-state index in [1.807, 2.05) is 25.1 Å². The first-order valence-corrected chi connectivity index (χ1v) is 6.76. The molecule has 2 N–H and O–H groups in total. The summed E-state index contributed by atoms with van der Waals surface area (Å²) in [6.45, 7) is 7.99. The minimum Gasteiger partial charge on any atom is -0.494 e. The molecule has 0 radical (unpaired) electrons. The van der Waals surface area contributed by atoms with Crippen molar-refractivity contribution in [3.8, 4) is 5.75 Å². The van der Waals surface area contributed by atoms with Crippen LogP contribution in [0.25, 0.3) is 0 Å². The number of nitrogens with one attached hydrogen (secondary N) is 1. The fourth-order valence-electron chi connectivity index (χ4n) is 2.15. The van der Waals surface area contributed by atoms with Gasteiger partial charge in [0.1, 0.15) is 5.75 Å². The molecular weight excluding hydrogens is 226 g/mol. The Morgan fingerprint density at radius 1 is 1.28 bits per heavy atom. The molecule has 0 amide bonds. The highest BCUT2D eigenvalue weighted by Crippen LogP contribution is 2.32. The van der Waals surface area contributed by atoms with E-state index in [0.29, 0.717) is 13.0 Å². The molecule has 0 heterocycles. The van der Waals surface area contributed by atoms with Crippen molar-refractivity contribution in [3.63, 3.8) is 0 Å². The zero-order valence-corrected chi connectivity index (χ0v) is 11.7. The van der Waals surface area contributed by atoms with Crippen molar-refractivity contribution in [2.45, 2.75) is 39.2 Å². The van der Waals surface area contributed by atoms with Gasteiger partial charge in [-0.25, -0.2) is 0 Å². The van der Waals surface area contributed by atoms with E-state index in [1.165, 1.54) is 0 Å². The van der Waals surface area contributed by atoms with Gasteiger partial charge in [0.25, 0.3) is 0 Å². The molecule has 3 heteroatoms. The molecule has 102 valence electrons. The minimum absolute atomic E-state index is 0.160. The highest BCUT2D eigenvalue weighted by Gasteiger charge is 2.28. The lowest BCUT2D eigenvalue weighted by atomic mass is 9.88. The summed E-state index contributed by atoms with van der Waals surface area (Å²) < 4.78 is 5.69. The van der Waals surface area contributed by atoms with Crippen LogP contribution in [0.2, 0.25) is 0 Å². The normalized spacial score (nSPS) is 14.2. The summed E-state index contributed by atoms with van der Waals surface area (Å²) >= 11 is 0. The molecule has 0 saturated carbocycles. The molecule has 1 aromatic carbocycles. The van der Waals surface area contributed by atoms with Crippen LogP contribution in [-0.4, -0.2) is 24.9 Å². The van der Waals surface area contributed by atoms with Gasteiger partial charge in [-0.1, -0.05) is 25.1 Å². The van der Waals surface area contributed by atoms with Crippen LogP contribution in [0.3, 0.4) is 0 Å². The van der Waals surface area contributed by atoms with E-state index in [1.54, 1.807) is 0 Å². The largest absolute Gasteiger partial charge is 0.494 e. The zero-order valence-electron chi connectivity index (χ0n) is 11.7. The summed E-state index contributed by atoms with van der Waals surface area (Å²) in [7, 11) is 0. The van der Waals surface area contributed by atoms with Gasteiger partial charge in [0.05, 0.1) is 6.61 Å². The fraction of sp³-hybridized carbons (Fsp3) is 0.600. The molecule has 0 aliphatic heterocycles. The first kappa shape index (κ1) is 15.0. The van der Waals surface area contributed by atoms with Crippen molar-refractivity contribution >= 4 is 0 Å². The molecular formula is C15H25NO2. The second-order valence-electron chi connectivity index (χ2n) is 4.66. The molecule has 0 aliphatic carbocycles. The van der Waals surface area contributed by atoms with Gasteiger partial charge < -0.3 is 15.2 Å². The summed E-state index contributed by atoms with van der Waals surface area (Å²) in [6.07, 6.45) is 1.74. The van der Waals surface area contributed by atoms with E-state index in [-0.39, 0.29) is 12.1 Å². The van der Waals surface area contributed by atoms with E-state index < -0.39 is 0 Å². The highest BCUT2D eigenvalue weighted by atomic mass is 16.5. The highest BCUT2D eigenvalue weighted by molar-refractivity contribution is 5.38. The number of ether oxygens (including phenoxy) is 1. The SMILES string of the molecule is CCCNC(C)(CCO)c1ccccc1OCC. The Morgan fingerprint density at radius 3 is 2.61 bits per heavy atom. The molecule has 1 atom stereocenters. The molecule has 1 unspecified atom stereocenters. The van der Waals surface area contributed by atoms with Gasteiger partial charge in [-0.3, -0.25) is 0 Å². The van der Waals surface area contributed by atoms with Crippen LogP contribution in [0.15, 0.2) is 24.3 Å². The second-order valence-corrected chi connectivity index (χ2v) is 4.66. The van der Waals surface area contributed by atoms with Crippen LogP contribution < -0.4 is 10.1 Å². The van der Waals surface area contributed by atoms with Crippen LogP contribution in [-0.2, 0) is 5.54 Å². The maximum Gasteiger partial charge on any atom is 0.124 e. The van der Waals surface area contributed by atoms with E-state index in [2.05, 4.69) is 25.2 Å². The van der Waals surface area contributed by atoms with E-state index >= 15 is 0 Å². The molecule has 0 bridgehead atoms. The number of benzene rings is 1. The summed E-state index contributed by atoms with van der Waals surface area (Å²) in [5.74, 6) is 0.902. The second kappa shape index (κ2) is 7.39. The molecule has 0 fully saturated rings. The summed E-state index contributed by atoms with van der Waals surface area (Å²) in [5.41, 5.74) is 0.880. The van der Waals surface area contributed by atoms with Crippen LogP contribution >= 0.6 is 0 Å². The quantitative estimate of drug-likeness (QED) is 0.746. The number of aliphatic hydroxyl groups excluding tert-OH is 1. The summed E-state index contributed by atoms with van der Waals surface area (Å²) in [6, 6.07) is 8.06. The Morgan fingerprint density at radius 2 is 2.00 bits per heavy atom. The maximum atomic E-state index is 9.30. The van der Waals surface area contributed by atoms with Crippen LogP contribution in [0.4, 0.5) is 0 Å². The van der Waals surface area contributed by atoms with Gasteiger partial charge in [-0.2, -0.15) is 0 Å². The molecule has 0 spiro atoms. The third-order valence-corrected chi connectivity index (χ3v) is 3.16. The van der Waals surface area contributed by atoms with Gasteiger partial charge in [-0.05, 0) is 39.3 Å². The van der Waals surface area contributed by atoms with Gasteiger partial charge in [0.2, 0.25) is 0 Å². The third kappa shape index (κ3) is 3.72. The van der Waals surface area contributed by atoms with Crippen molar-refractivity contribution in [2.75, 3.05) is 19.8 Å². The Labute approximate surface area is 110 Å².